The number of halogens is 1. The van der Waals surface area contributed by atoms with E-state index in [0.717, 1.165) is 35.9 Å². The second-order valence-corrected chi connectivity index (χ2v) is 6.41. The van der Waals surface area contributed by atoms with Crippen molar-refractivity contribution in [3.05, 3.63) is 42.3 Å². The summed E-state index contributed by atoms with van der Waals surface area (Å²) in [6, 6.07) is 1.86. The van der Waals surface area contributed by atoms with Crippen LogP contribution in [0.3, 0.4) is 0 Å². The van der Waals surface area contributed by atoms with E-state index in [0.29, 0.717) is 0 Å². The van der Waals surface area contributed by atoms with E-state index in [1.54, 1.807) is 25.8 Å². The molecule has 3 aliphatic heterocycles. The summed E-state index contributed by atoms with van der Waals surface area (Å²) < 4.78 is 5.47. The Hall–Kier alpha value is -2.25. The van der Waals surface area contributed by atoms with Crippen molar-refractivity contribution in [1.82, 2.24) is 20.3 Å². The molecule has 0 spiro atoms. The van der Waals surface area contributed by atoms with Crippen LogP contribution in [0, 0.1) is 0 Å². The summed E-state index contributed by atoms with van der Waals surface area (Å²) in [5.74, 6) is 0.773. The Morgan fingerprint density at radius 3 is 2.81 bits per heavy atom. The monoisotopic (exact) mass is 376 g/mol. The fraction of sp³-hybridized carbons (Fsp3) is 0.444. The minimum atomic E-state index is 0. The van der Waals surface area contributed by atoms with Gasteiger partial charge in [0, 0.05) is 25.0 Å². The van der Waals surface area contributed by atoms with Crippen molar-refractivity contribution in [3.8, 4) is 5.75 Å². The maximum absolute atomic E-state index is 5.47. The summed E-state index contributed by atoms with van der Waals surface area (Å²) in [5, 5.41) is 2.16. The molecule has 1 N–H and O–H groups in total. The molecule has 4 heterocycles. The van der Waals surface area contributed by atoms with Gasteiger partial charge in [-0.05, 0) is 25.9 Å². The van der Waals surface area contributed by atoms with Crippen LogP contribution in [0.2, 0.25) is 0 Å². The summed E-state index contributed by atoms with van der Waals surface area (Å²) in [6.45, 7) is 4.42. The van der Waals surface area contributed by atoms with Gasteiger partial charge in [0.15, 0.2) is 0 Å². The number of hydrogen-bond donors (Lipinski definition) is 1. The number of aliphatic imine (C=N–C) groups is 1. The molecule has 26 heavy (non-hydrogen) atoms. The van der Waals surface area contributed by atoms with E-state index in [4.69, 9.17) is 4.74 Å². The number of anilines is 1. The molecule has 0 bridgehead atoms. The second-order valence-electron chi connectivity index (χ2n) is 6.41. The number of hydrazine groups is 1. The van der Waals surface area contributed by atoms with Gasteiger partial charge >= 0.3 is 0 Å². The number of methoxy groups -OCH3 is 1. The van der Waals surface area contributed by atoms with Crippen LogP contribution in [-0.2, 0) is 0 Å². The lowest BCUT2D eigenvalue weighted by Gasteiger charge is -2.31. The first-order valence-electron chi connectivity index (χ1n) is 8.84. The zero-order valence-corrected chi connectivity index (χ0v) is 15.8. The standard InChI is InChI=1S/C18H24N6O.ClH/c1-25-18-5-6-19-12-17(18)23-14-20-11-16-15(23)13-21-24(16)10-9-22-7-3-2-4-8-22;/h5-6,11-14,21H,2-4,7-10H2,1H3;1H. The Balaban J connectivity index is 0.00000196. The smallest absolute Gasteiger partial charge is 0.146 e. The molecule has 0 aliphatic carbocycles. The first kappa shape index (κ1) is 18.5. The highest BCUT2D eigenvalue weighted by molar-refractivity contribution is 5.89. The van der Waals surface area contributed by atoms with Crippen molar-refractivity contribution in [2.75, 3.05) is 38.2 Å². The molecule has 4 rings (SSSR count). The van der Waals surface area contributed by atoms with Crippen molar-refractivity contribution in [3.63, 3.8) is 0 Å². The molecule has 140 valence electrons. The van der Waals surface area contributed by atoms with Gasteiger partial charge in [-0.2, -0.15) is 0 Å². The number of aromatic nitrogens is 1. The molecule has 0 radical (unpaired) electrons. The Kier molecular flexibility index (Phi) is 6.00. The summed E-state index contributed by atoms with van der Waals surface area (Å²) in [5.41, 5.74) is 6.38. The van der Waals surface area contributed by atoms with Gasteiger partial charge in [-0.1, -0.05) is 6.42 Å². The zero-order valence-electron chi connectivity index (χ0n) is 15.0. The lowest BCUT2D eigenvalue weighted by Crippen LogP contribution is -2.40. The molecule has 0 amide bonds. The highest BCUT2D eigenvalue weighted by Crippen LogP contribution is 2.34. The van der Waals surface area contributed by atoms with Crippen molar-refractivity contribution in [2.45, 2.75) is 19.3 Å². The third-order valence-corrected chi connectivity index (χ3v) is 4.88. The number of likely N-dealkylation sites (tertiary alicyclic amines) is 1. The largest absolute Gasteiger partial charge is 0.494 e. The summed E-state index contributed by atoms with van der Waals surface area (Å²) >= 11 is 0. The van der Waals surface area contributed by atoms with E-state index in [9.17, 15) is 0 Å². The van der Waals surface area contributed by atoms with Gasteiger partial charge in [-0.25, -0.2) is 4.99 Å². The van der Waals surface area contributed by atoms with Crippen LogP contribution in [0.25, 0.3) is 0 Å². The predicted molar refractivity (Wildman–Crippen MR) is 105 cm³/mol. The first-order chi connectivity index (χ1) is 12.4. The topological polar surface area (TPSA) is 56.2 Å². The minimum Gasteiger partial charge on any atom is -0.494 e. The number of nitrogens with one attached hydrogen (secondary N) is 1. The number of pyridine rings is 1. The maximum Gasteiger partial charge on any atom is 0.146 e. The number of fused-ring (bicyclic) bond motifs is 1. The zero-order chi connectivity index (χ0) is 17.1. The van der Waals surface area contributed by atoms with Crippen LogP contribution >= 0.6 is 12.4 Å². The molecular formula is C18H25ClN6O. The highest BCUT2D eigenvalue weighted by Gasteiger charge is 2.28. The van der Waals surface area contributed by atoms with Crippen LogP contribution in [0.15, 0.2) is 47.2 Å². The average molecular weight is 377 g/mol. The fourth-order valence-corrected chi connectivity index (χ4v) is 3.51. The summed E-state index contributed by atoms with van der Waals surface area (Å²) in [6.07, 6.45) is 13.2. The van der Waals surface area contributed by atoms with Gasteiger partial charge in [0.2, 0.25) is 0 Å². The SMILES string of the molecule is COc1ccncc1N1C=NC=C2C1=CNN2CCN1CCCCC1.Cl. The van der Waals surface area contributed by atoms with E-state index in [-0.39, 0.29) is 12.4 Å². The van der Waals surface area contributed by atoms with Crippen molar-refractivity contribution >= 4 is 24.4 Å². The summed E-state index contributed by atoms with van der Waals surface area (Å²) in [4.78, 5) is 13.2. The van der Waals surface area contributed by atoms with Gasteiger partial charge in [0.1, 0.15) is 17.1 Å². The van der Waals surface area contributed by atoms with Crippen LogP contribution in [-0.4, -0.2) is 54.5 Å². The molecule has 1 fully saturated rings. The van der Waals surface area contributed by atoms with Crippen LogP contribution in [0.5, 0.6) is 5.75 Å². The molecule has 0 atom stereocenters. The highest BCUT2D eigenvalue weighted by atomic mass is 35.5. The van der Waals surface area contributed by atoms with Crippen LogP contribution in [0.4, 0.5) is 5.69 Å². The molecule has 1 aromatic heterocycles. The van der Waals surface area contributed by atoms with E-state index in [1.165, 1.54) is 32.4 Å². The van der Waals surface area contributed by atoms with Gasteiger partial charge in [-0.15, -0.1) is 12.4 Å². The molecule has 8 heteroatoms. The van der Waals surface area contributed by atoms with Gasteiger partial charge in [0.25, 0.3) is 0 Å². The number of nitrogens with zero attached hydrogens (tertiary/aromatic N) is 5. The van der Waals surface area contributed by atoms with E-state index < -0.39 is 0 Å². The average Bonchev–Trinajstić information content (AvgIpc) is 3.10. The van der Waals surface area contributed by atoms with Crippen LogP contribution < -0.4 is 15.1 Å². The van der Waals surface area contributed by atoms with Crippen molar-refractivity contribution in [2.24, 2.45) is 4.99 Å². The minimum absolute atomic E-state index is 0. The lowest BCUT2D eigenvalue weighted by atomic mass is 10.1. The number of piperidine rings is 1. The normalized spacial score (nSPS) is 19.3. The molecule has 3 aliphatic rings. The van der Waals surface area contributed by atoms with Gasteiger partial charge < -0.3 is 15.1 Å². The van der Waals surface area contributed by atoms with E-state index >= 15 is 0 Å². The van der Waals surface area contributed by atoms with Crippen molar-refractivity contribution < 1.29 is 4.74 Å². The fourth-order valence-electron chi connectivity index (χ4n) is 3.51. The molecule has 7 nitrogen and oxygen atoms in total. The Morgan fingerprint density at radius 1 is 1.15 bits per heavy atom. The van der Waals surface area contributed by atoms with E-state index in [2.05, 4.69) is 25.3 Å². The molecule has 0 unspecified atom stereocenters. The van der Waals surface area contributed by atoms with Crippen molar-refractivity contribution in [1.29, 1.82) is 0 Å². The van der Waals surface area contributed by atoms with Crippen LogP contribution in [0.1, 0.15) is 19.3 Å². The second kappa shape index (κ2) is 8.42. The number of hydrogen-bond acceptors (Lipinski definition) is 7. The molecule has 1 aromatic rings. The molecule has 0 saturated carbocycles. The third kappa shape index (κ3) is 3.64. The number of ether oxygens (including phenoxy) is 1. The molecule has 0 aromatic carbocycles. The summed E-state index contributed by atoms with van der Waals surface area (Å²) in [7, 11) is 1.67. The van der Waals surface area contributed by atoms with Gasteiger partial charge in [0.05, 0.1) is 38.1 Å². The molecule has 1 saturated heterocycles. The lowest BCUT2D eigenvalue weighted by molar-refractivity contribution is 0.190. The Bertz CT molecular complexity index is 713. The third-order valence-electron chi connectivity index (χ3n) is 4.88. The van der Waals surface area contributed by atoms with E-state index in [1.807, 2.05) is 23.4 Å². The van der Waals surface area contributed by atoms with Gasteiger partial charge in [-0.3, -0.25) is 14.9 Å². The predicted octanol–water partition coefficient (Wildman–Crippen LogP) is 2.35. The number of rotatable bonds is 5. The quantitative estimate of drug-likeness (QED) is 0.851. The Labute approximate surface area is 160 Å². The maximum atomic E-state index is 5.47. The molecular weight excluding hydrogens is 352 g/mol. The Morgan fingerprint density at radius 2 is 2.00 bits per heavy atom. The first-order valence-corrected chi connectivity index (χ1v) is 8.84.